The molecule has 1 N–H and O–H groups in total. The van der Waals surface area contributed by atoms with Gasteiger partial charge in [0.2, 0.25) is 17.6 Å². The van der Waals surface area contributed by atoms with Crippen molar-refractivity contribution >= 4 is 5.91 Å². The molecule has 3 heterocycles. The molecule has 0 radical (unpaired) electrons. The average molecular weight is 429 g/mol. The van der Waals surface area contributed by atoms with Crippen LogP contribution in [0.1, 0.15) is 38.0 Å². The highest BCUT2D eigenvalue weighted by Crippen LogP contribution is 2.39. The third-order valence-electron chi connectivity index (χ3n) is 7.21. The van der Waals surface area contributed by atoms with Crippen LogP contribution in [0.2, 0.25) is 0 Å². The summed E-state index contributed by atoms with van der Waals surface area (Å²) in [5.74, 6) is 1.07. The second kappa shape index (κ2) is 8.67. The zero-order chi connectivity index (χ0) is 21.4. The Labute approximate surface area is 181 Å². The molecule has 2 aliphatic heterocycles. The Morgan fingerprint density at radius 1 is 1.16 bits per heavy atom. The van der Waals surface area contributed by atoms with E-state index < -0.39 is 5.82 Å². The molecule has 0 bridgehead atoms. The maximum Gasteiger partial charge on any atom is 0.227 e. The van der Waals surface area contributed by atoms with Crippen LogP contribution in [0.25, 0.3) is 11.4 Å². The topological polar surface area (TPSA) is 82.7 Å². The first-order valence-electron chi connectivity index (χ1n) is 11.4. The molecule has 3 aliphatic rings. The Balaban J connectivity index is 1.16. The number of hydrogen-bond acceptors (Lipinski definition) is 6. The van der Waals surface area contributed by atoms with E-state index in [0.717, 1.165) is 39.0 Å². The van der Waals surface area contributed by atoms with Gasteiger partial charge >= 0.3 is 0 Å². The summed E-state index contributed by atoms with van der Waals surface area (Å²) in [5, 5.41) is 14.5. The van der Waals surface area contributed by atoms with Crippen molar-refractivity contribution < 1.29 is 18.8 Å². The van der Waals surface area contributed by atoms with E-state index in [1.165, 1.54) is 18.9 Å². The molecular weight excluding hydrogens is 399 g/mol. The summed E-state index contributed by atoms with van der Waals surface area (Å²) in [5.41, 5.74) is 0.290. The van der Waals surface area contributed by atoms with Crippen LogP contribution in [0.5, 0.6) is 0 Å². The number of aryl methyl sites for hydroxylation is 1. The number of aliphatic hydroxyl groups is 1. The summed E-state index contributed by atoms with van der Waals surface area (Å²) in [6, 6.07) is 6.53. The lowest BCUT2D eigenvalue weighted by Crippen LogP contribution is -2.48. The lowest BCUT2D eigenvalue weighted by atomic mass is 9.77. The number of fused-ring (bicyclic) bond motifs is 1. The van der Waals surface area contributed by atoms with Gasteiger partial charge in [-0.25, -0.2) is 4.39 Å². The van der Waals surface area contributed by atoms with Crippen molar-refractivity contribution in [1.29, 1.82) is 0 Å². The molecule has 1 amide bonds. The molecule has 31 heavy (non-hydrogen) atoms. The first-order valence-corrected chi connectivity index (χ1v) is 11.4. The van der Waals surface area contributed by atoms with Gasteiger partial charge in [0, 0.05) is 32.0 Å². The summed E-state index contributed by atoms with van der Waals surface area (Å²) < 4.78 is 19.1. The predicted octanol–water partition coefficient (Wildman–Crippen LogP) is 2.50. The zero-order valence-corrected chi connectivity index (χ0v) is 17.6. The second-order valence-electron chi connectivity index (χ2n) is 9.16. The average Bonchev–Trinajstić information content (AvgIpc) is 3.52. The van der Waals surface area contributed by atoms with Gasteiger partial charge in [-0.3, -0.25) is 9.69 Å². The quantitative estimate of drug-likeness (QED) is 0.788. The third-order valence-corrected chi connectivity index (χ3v) is 7.21. The number of halogens is 1. The predicted molar refractivity (Wildman–Crippen MR) is 111 cm³/mol. The van der Waals surface area contributed by atoms with E-state index in [-0.39, 0.29) is 30.3 Å². The molecule has 5 rings (SSSR count). The van der Waals surface area contributed by atoms with Crippen LogP contribution < -0.4 is 0 Å². The van der Waals surface area contributed by atoms with Gasteiger partial charge < -0.3 is 14.5 Å². The highest BCUT2D eigenvalue weighted by Gasteiger charge is 2.44. The molecule has 0 unspecified atom stereocenters. The first kappa shape index (κ1) is 20.6. The number of amides is 1. The monoisotopic (exact) mass is 428 g/mol. The van der Waals surface area contributed by atoms with Gasteiger partial charge in [0.25, 0.3) is 0 Å². The summed E-state index contributed by atoms with van der Waals surface area (Å²) >= 11 is 0. The number of likely N-dealkylation sites (tertiary alicyclic amines) is 2. The van der Waals surface area contributed by atoms with E-state index >= 15 is 0 Å². The van der Waals surface area contributed by atoms with Gasteiger partial charge in [-0.2, -0.15) is 4.98 Å². The highest BCUT2D eigenvalue weighted by molar-refractivity contribution is 5.76. The number of benzene rings is 1. The number of rotatable bonds is 5. The van der Waals surface area contributed by atoms with Gasteiger partial charge in [-0.15, -0.1) is 0 Å². The first-order chi connectivity index (χ1) is 15.1. The molecular formula is C23H29FN4O3. The standard InChI is InChI=1S/C23H29FN4O3/c24-18-6-2-1-5-17(18)23-25-21(31-26-23)7-8-22(30)28-13-15-11-19(27-9-3-4-10-27)20(29)12-16(15)14-28/h1-2,5-6,15-16,19-20,29H,3-4,7-14H2/t15-,16+,19-,20-/m1/s1. The fourth-order valence-corrected chi connectivity index (χ4v) is 5.56. The van der Waals surface area contributed by atoms with Crippen LogP contribution in [0.15, 0.2) is 28.8 Å². The summed E-state index contributed by atoms with van der Waals surface area (Å²) in [7, 11) is 0. The Morgan fingerprint density at radius 3 is 2.68 bits per heavy atom. The van der Waals surface area contributed by atoms with E-state index in [1.807, 2.05) is 4.90 Å². The van der Waals surface area contributed by atoms with E-state index in [1.54, 1.807) is 18.2 Å². The van der Waals surface area contributed by atoms with Crippen LogP contribution in [0.4, 0.5) is 4.39 Å². The van der Waals surface area contributed by atoms with Crippen molar-refractivity contribution in [2.75, 3.05) is 26.2 Å². The Hall–Kier alpha value is -2.32. The van der Waals surface area contributed by atoms with Gasteiger partial charge in [0.15, 0.2) is 0 Å². The summed E-state index contributed by atoms with van der Waals surface area (Å²) in [6.07, 6.45) is 4.54. The number of carbonyl (C=O) groups is 1. The number of carbonyl (C=O) groups excluding carboxylic acids is 1. The molecule has 166 valence electrons. The fraction of sp³-hybridized carbons (Fsp3) is 0.609. The molecule has 1 saturated carbocycles. The third kappa shape index (κ3) is 4.23. The van der Waals surface area contributed by atoms with Crippen molar-refractivity contribution in [3.63, 3.8) is 0 Å². The van der Waals surface area contributed by atoms with E-state index in [4.69, 9.17) is 4.52 Å². The van der Waals surface area contributed by atoms with Crippen LogP contribution in [0.3, 0.4) is 0 Å². The van der Waals surface area contributed by atoms with Crippen molar-refractivity contribution in [2.45, 2.75) is 50.7 Å². The van der Waals surface area contributed by atoms with Crippen molar-refractivity contribution in [1.82, 2.24) is 19.9 Å². The van der Waals surface area contributed by atoms with Crippen molar-refractivity contribution in [3.05, 3.63) is 36.0 Å². The van der Waals surface area contributed by atoms with Crippen molar-refractivity contribution in [2.24, 2.45) is 11.8 Å². The highest BCUT2D eigenvalue weighted by atomic mass is 19.1. The molecule has 1 aromatic carbocycles. The second-order valence-corrected chi connectivity index (χ2v) is 9.16. The minimum atomic E-state index is -0.403. The van der Waals surface area contributed by atoms with Crippen LogP contribution in [-0.4, -0.2) is 69.3 Å². The lowest BCUT2D eigenvalue weighted by molar-refractivity contribution is -0.130. The van der Waals surface area contributed by atoms with Gasteiger partial charge in [-0.05, 0) is 62.7 Å². The minimum absolute atomic E-state index is 0.0762. The lowest BCUT2D eigenvalue weighted by Gasteiger charge is -2.40. The maximum atomic E-state index is 13.9. The molecule has 7 nitrogen and oxygen atoms in total. The number of aliphatic hydroxyl groups excluding tert-OH is 1. The normalized spacial score (nSPS) is 28.8. The minimum Gasteiger partial charge on any atom is -0.391 e. The van der Waals surface area contributed by atoms with Crippen molar-refractivity contribution in [3.8, 4) is 11.4 Å². The summed E-state index contributed by atoms with van der Waals surface area (Å²) in [4.78, 5) is 21.4. The van der Waals surface area contributed by atoms with Gasteiger partial charge in [0.05, 0.1) is 11.7 Å². The van der Waals surface area contributed by atoms with E-state index in [0.29, 0.717) is 29.7 Å². The largest absolute Gasteiger partial charge is 0.391 e. The molecule has 1 aromatic heterocycles. The zero-order valence-electron chi connectivity index (χ0n) is 17.6. The Kier molecular flexibility index (Phi) is 5.75. The van der Waals surface area contributed by atoms with Gasteiger partial charge in [-0.1, -0.05) is 17.3 Å². The molecule has 2 aromatic rings. The van der Waals surface area contributed by atoms with Crippen LogP contribution in [0, 0.1) is 17.7 Å². The maximum absolute atomic E-state index is 13.9. The Bertz CT molecular complexity index is 929. The fourth-order valence-electron chi connectivity index (χ4n) is 5.56. The van der Waals surface area contributed by atoms with Gasteiger partial charge in [0.1, 0.15) is 5.82 Å². The molecule has 4 atom stereocenters. The molecule has 1 aliphatic carbocycles. The molecule has 2 saturated heterocycles. The number of nitrogens with zero attached hydrogens (tertiary/aromatic N) is 4. The molecule has 8 heteroatoms. The molecule has 3 fully saturated rings. The number of aromatic nitrogens is 2. The Morgan fingerprint density at radius 2 is 1.90 bits per heavy atom. The van der Waals surface area contributed by atoms with E-state index in [2.05, 4.69) is 15.0 Å². The molecule has 0 spiro atoms. The van der Waals surface area contributed by atoms with Crippen LogP contribution in [-0.2, 0) is 11.2 Å². The SMILES string of the molecule is O=C(CCc1nc(-c2ccccc2F)no1)N1C[C@H]2C[C@@H](N3CCCC3)[C@H](O)C[C@H]2C1. The van der Waals surface area contributed by atoms with Crippen LogP contribution >= 0.6 is 0 Å². The summed E-state index contributed by atoms with van der Waals surface area (Å²) in [6.45, 7) is 3.66. The van der Waals surface area contributed by atoms with E-state index in [9.17, 15) is 14.3 Å². The number of hydrogen-bond donors (Lipinski definition) is 1. The smallest absolute Gasteiger partial charge is 0.227 e.